The molecule has 34 heavy (non-hydrogen) atoms. The van der Waals surface area contributed by atoms with Crippen molar-refractivity contribution >= 4 is 33.4 Å². The Labute approximate surface area is 210 Å². The van der Waals surface area contributed by atoms with Crippen molar-refractivity contribution in [3.63, 3.8) is 0 Å². The average molecular weight is 519 g/mol. The molecule has 0 radical (unpaired) electrons. The summed E-state index contributed by atoms with van der Waals surface area (Å²) in [6.45, 7) is 10.6. The molecule has 0 aromatic rings. The van der Waals surface area contributed by atoms with Gasteiger partial charge in [0, 0.05) is 49.1 Å². The van der Waals surface area contributed by atoms with Gasteiger partial charge in [-0.25, -0.2) is 12.7 Å². The van der Waals surface area contributed by atoms with E-state index in [0.29, 0.717) is 26.1 Å². The standard InChI is InChI=1S/C24H43ClN4O4S/c1-6-29(19-7-9-28(10-8-19)34(5,32)33)22-13-18(25)12-20(17(22)4)23(30)26-14-21-15(2)11-16(3)27-24(21)31/h15-22H,6-14H2,1-5H3,(H,26,30)(H,27,31). The quantitative estimate of drug-likeness (QED) is 0.502. The summed E-state index contributed by atoms with van der Waals surface area (Å²) in [5, 5.41) is 5.99. The Balaban J connectivity index is 1.63. The average Bonchev–Trinajstić information content (AvgIpc) is 2.75. The first-order chi connectivity index (χ1) is 15.9. The number of carbonyl (C=O) groups is 2. The highest BCUT2D eigenvalue weighted by Crippen LogP contribution is 2.38. The fraction of sp³-hybridized carbons (Fsp3) is 0.917. The molecule has 8 nitrogen and oxygen atoms in total. The lowest BCUT2D eigenvalue weighted by Gasteiger charge is -2.48. The Kier molecular flexibility index (Phi) is 9.31. The van der Waals surface area contributed by atoms with Gasteiger partial charge in [-0.15, -0.1) is 11.6 Å². The van der Waals surface area contributed by atoms with Gasteiger partial charge in [-0.05, 0) is 57.4 Å². The number of nitrogens with zero attached hydrogens (tertiary/aromatic N) is 2. The third-order valence-electron chi connectivity index (χ3n) is 8.37. The van der Waals surface area contributed by atoms with Crippen LogP contribution in [-0.2, 0) is 19.6 Å². The minimum atomic E-state index is -3.16. The maximum Gasteiger partial charge on any atom is 0.225 e. The molecule has 7 unspecified atom stereocenters. The molecule has 2 heterocycles. The van der Waals surface area contributed by atoms with Crippen LogP contribution in [0, 0.1) is 23.7 Å². The molecule has 2 N–H and O–H groups in total. The van der Waals surface area contributed by atoms with E-state index in [9.17, 15) is 18.0 Å². The molecule has 2 aliphatic heterocycles. The first-order valence-corrected chi connectivity index (χ1v) is 15.1. The van der Waals surface area contributed by atoms with Gasteiger partial charge in [0.25, 0.3) is 0 Å². The molecule has 7 atom stereocenters. The third-order valence-corrected chi connectivity index (χ3v) is 10.0. The molecular weight excluding hydrogens is 476 g/mol. The number of hydrogen-bond acceptors (Lipinski definition) is 5. The molecule has 1 aliphatic carbocycles. The van der Waals surface area contributed by atoms with Gasteiger partial charge in [-0.2, -0.15) is 0 Å². The van der Waals surface area contributed by atoms with Crippen LogP contribution < -0.4 is 10.6 Å². The van der Waals surface area contributed by atoms with E-state index in [1.54, 1.807) is 4.31 Å². The van der Waals surface area contributed by atoms with E-state index in [1.165, 1.54) is 6.26 Å². The van der Waals surface area contributed by atoms with Crippen LogP contribution in [0.5, 0.6) is 0 Å². The van der Waals surface area contributed by atoms with Gasteiger partial charge >= 0.3 is 0 Å². The van der Waals surface area contributed by atoms with Crippen molar-refractivity contribution < 1.29 is 18.0 Å². The second-order valence-electron chi connectivity index (χ2n) is 10.8. The van der Waals surface area contributed by atoms with Crippen LogP contribution in [0.3, 0.4) is 0 Å². The number of halogens is 1. The van der Waals surface area contributed by atoms with Crippen molar-refractivity contribution in [2.24, 2.45) is 23.7 Å². The second-order valence-corrected chi connectivity index (χ2v) is 13.4. The van der Waals surface area contributed by atoms with Gasteiger partial charge in [0.15, 0.2) is 0 Å². The Morgan fingerprint density at radius 2 is 1.82 bits per heavy atom. The number of alkyl halides is 1. The molecule has 0 bridgehead atoms. The molecule has 2 amide bonds. The number of hydrogen-bond donors (Lipinski definition) is 2. The fourth-order valence-corrected chi connectivity index (χ4v) is 7.66. The third kappa shape index (κ3) is 6.45. The van der Waals surface area contributed by atoms with Gasteiger partial charge in [-0.1, -0.05) is 20.8 Å². The van der Waals surface area contributed by atoms with E-state index in [2.05, 4.69) is 36.3 Å². The van der Waals surface area contributed by atoms with Crippen LogP contribution in [0.25, 0.3) is 0 Å². The largest absolute Gasteiger partial charge is 0.355 e. The van der Waals surface area contributed by atoms with Crippen LogP contribution in [0.4, 0.5) is 0 Å². The highest BCUT2D eigenvalue weighted by Gasteiger charge is 2.43. The van der Waals surface area contributed by atoms with Crippen molar-refractivity contribution in [2.75, 3.05) is 32.4 Å². The lowest BCUT2D eigenvalue weighted by Crippen LogP contribution is -2.56. The number of sulfonamides is 1. The SMILES string of the molecule is CCN(C1CCN(S(C)(=O)=O)CC1)C1CC(Cl)CC(C(=O)NCC2C(=O)NC(C)CC2C)C1C. The number of rotatable bonds is 7. The fourth-order valence-electron chi connectivity index (χ4n) is 6.41. The molecular formula is C24H43ClN4O4S. The minimum Gasteiger partial charge on any atom is -0.355 e. The van der Waals surface area contributed by atoms with Crippen LogP contribution in [0.2, 0.25) is 0 Å². The Morgan fingerprint density at radius 3 is 2.38 bits per heavy atom. The predicted octanol–water partition coefficient (Wildman–Crippen LogP) is 2.03. The molecule has 3 rings (SSSR count). The number of amides is 2. The zero-order chi connectivity index (χ0) is 25.2. The van der Waals surface area contributed by atoms with E-state index in [-0.39, 0.29) is 59.0 Å². The highest BCUT2D eigenvalue weighted by molar-refractivity contribution is 7.88. The summed E-state index contributed by atoms with van der Waals surface area (Å²) in [5.41, 5.74) is 0. The Hall–Kier alpha value is -0.900. The molecule has 0 spiro atoms. The summed E-state index contributed by atoms with van der Waals surface area (Å²) in [6, 6.07) is 0.634. The van der Waals surface area contributed by atoms with E-state index < -0.39 is 10.0 Å². The minimum absolute atomic E-state index is 0.00980. The highest BCUT2D eigenvalue weighted by atomic mass is 35.5. The van der Waals surface area contributed by atoms with Crippen LogP contribution >= 0.6 is 11.6 Å². The lowest BCUT2D eigenvalue weighted by molar-refractivity contribution is -0.132. The number of piperidine rings is 2. The van der Waals surface area contributed by atoms with Crippen LogP contribution in [-0.4, -0.2) is 85.4 Å². The lowest BCUT2D eigenvalue weighted by atomic mass is 9.74. The van der Waals surface area contributed by atoms with Crippen LogP contribution in [0.15, 0.2) is 0 Å². The zero-order valence-corrected chi connectivity index (χ0v) is 22.9. The summed E-state index contributed by atoms with van der Waals surface area (Å²) in [4.78, 5) is 28.2. The molecule has 0 aromatic heterocycles. The molecule has 1 saturated carbocycles. The van der Waals surface area contributed by atoms with Crippen molar-refractivity contribution in [3.05, 3.63) is 0 Å². The number of carbonyl (C=O) groups excluding carboxylic acids is 2. The topological polar surface area (TPSA) is 98.8 Å². The maximum atomic E-state index is 13.3. The molecule has 196 valence electrons. The van der Waals surface area contributed by atoms with Gasteiger partial charge in [-0.3, -0.25) is 14.5 Å². The molecule has 3 fully saturated rings. The number of nitrogens with one attached hydrogen (secondary N) is 2. The van der Waals surface area contributed by atoms with Crippen molar-refractivity contribution in [3.8, 4) is 0 Å². The summed E-state index contributed by atoms with van der Waals surface area (Å²) in [7, 11) is -3.16. The van der Waals surface area contributed by atoms with E-state index >= 15 is 0 Å². The van der Waals surface area contributed by atoms with Crippen molar-refractivity contribution in [1.29, 1.82) is 0 Å². The van der Waals surface area contributed by atoms with Gasteiger partial charge in [0.2, 0.25) is 21.8 Å². The van der Waals surface area contributed by atoms with Gasteiger partial charge in [0.05, 0.1) is 12.2 Å². The van der Waals surface area contributed by atoms with Gasteiger partial charge in [0.1, 0.15) is 0 Å². The molecule has 0 aromatic carbocycles. The van der Waals surface area contributed by atoms with Crippen LogP contribution in [0.1, 0.15) is 59.8 Å². The monoisotopic (exact) mass is 518 g/mol. The maximum absolute atomic E-state index is 13.3. The molecule has 2 saturated heterocycles. The molecule has 3 aliphatic rings. The van der Waals surface area contributed by atoms with Crippen molar-refractivity contribution in [1.82, 2.24) is 19.8 Å². The Bertz CT molecular complexity index is 833. The van der Waals surface area contributed by atoms with E-state index in [4.69, 9.17) is 11.6 Å². The summed E-state index contributed by atoms with van der Waals surface area (Å²) < 4.78 is 25.4. The predicted molar refractivity (Wildman–Crippen MR) is 135 cm³/mol. The van der Waals surface area contributed by atoms with E-state index in [0.717, 1.165) is 32.2 Å². The summed E-state index contributed by atoms with van der Waals surface area (Å²) in [6.07, 6.45) is 5.24. The smallest absolute Gasteiger partial charge is 0.225 e. The molecule has 10 heteroatoms. The summed E-state index contributed by atoms with van der Waals surface area (Å²) >= 11 is 6.69. The first kappa shape index (κ1) is 27.7. The summed E-state index contributed by atoms with van der Waals surface area (Å²) in [5.74, 6) is -0.0327. The van der Waals surface area contributed by atoms with Gasteiger partial charge < -0.3 is 10.6 Å². The Morgan fingerprint density at radius 1 is 1.18 bits per heavy atom. The normalized spacial score (nSPS) is 36.3. The second kappa shape index (κ2) is 11.4. The first-order valence-electron chi connectivity index (χ1n) is 12.8. The van der Waals surface area contributed by atoms with E-state index in [1.807, 2.05) is 6.92 Å². The zero-order valence-electron chi connectivity index (χ0n) is 21.3. The van der Waals surface area contributed by atoms with Crippen molar-refractivity contribution in [2.45, 2.75) is 83.3 Å².